The lowest BCUT2D eigenvalue weighted by molar-refractivity contribution is 0.417. The van der Waals surface area contributed by atoms with Crippen LogP contribution in [0.3, 0.4) is 0 Å². The largest absolute Gasteiger partial charge is 0.457 e. The molecule has 3 heteroatoms. The van der Waals surface area contributed by atoms with Crippen molar-refractivity contribution in [1.29, 1.82) is 0 Å². The molecule has 2 aromatic carbocycles. The number of ether oxygens (including phenoxy) is 1. The SMILES string of the molecule is CSCC(C)NC1c2ccccc2Oc2ccccc21. The third kappa shape index (κ3) is 2.56. The minimum Gasteiger partial charge on any atom is -0.457 e. The zero-order valence-corrected chi connectivity index (χ0v) is 12.6. The average molecular weight is 285 g/mol. The summed E-state index contributed by atoms with van der Waals surface area (Å²) in [4.78, 5) is 0. The number of nitrogens with one attached hydrogen (secondary N) is 1. The lowest BCUT2D eigenvalue weighted by Crippen LogP contribution is -2.34. The fourth-order valence-corrected chi connectivity index (χ4v) is 3.27. The Balaban J connectivity index is 1.99. The monoisotopic (exact) mass is 285 g/mol. The first-order valence-corrected chi connectivity index (χ1v) is 8.29. The van der Waals surface area contributed by atoms with E-state index in [1.807, 2.05) is 36.0 Å². The number of rotatable bonds is 4. The van der Waals surface area contributed by atoms with E-state index in [4.69, 9.17) is 4.74 Å². The van der Waals surface area contributed by atoms with E-state index in [-0.39, 0.29) is 6.04 Å². The van der Waals surface area contributed by atoms with Crippen LogP contribution in [0.15, 0.2) is 48.5 Å². The maximum Gasteiger partial charge on any atom is 0.132 e. The Bertz CT molecular complexity index is 554. The molecule has 1 aliphatic heterocycles. The van der Waals surface area contributed by atoms with Crippen LogP contribution in [0.2, 0.25) is 0 Å². The molecular formula is C17H19NOS. The zero-order valence-electron chi connectivity index (χ0n) is 11.8. The van der Waals surface area contributed by atoms with Crippen molar-refractivity contribution in [3.63, 3.8) is 0 Å². The summed E-state index contributed by atoms with van der Waals surface area (Å²) in [5, 5.41) is 3.73. The van der Waals surface area contributed by atoms with Gasteiger partial charge in [-0.25, -0.2) is 0 Å². The lowest BCUT2D eigenvalue weighted by Gasteiger charge is -2.31. The summed E-state index contributed by atoms with van der Waals surface area (Å²) < 4.78 is 6.00. The molecule has 2 nitrogen and oxygen atoms in total. The minimum atomic E-state index is 0.207. The topological polar surface area (TPSA) is 21.3 Å². The van der Waals surface area contributed by atoms with Gasteiger partial charge in [0, 0.05) is 22.9 Å². The van der Waals surface area contributed by atoms with E-state index in [1.165, 1.54) is 11.1 Å². The first-order valence-electron chi connectivity index (χ1n) is 6.90. The quantitative estimate of drug-likeness (QED) is 0.908. The van der Waals surface area contributed by atoms with Crippen LogP contribution in [0.25, 0.3) is 0 Å². The Morgan fingerprint density at radius 3 is 2.15 bits per heavy atom. The van der Waals surface area contributed by atoms with Gasteiger partial charge in [0.1, 0.15) is 11.5 Å². The number of thioether (sulfide) groups is 1. The summed E-state index contributed by atoms with van der Waals surface area (Å²) in [5.74, 6) is 3.02. The van der Waals surface area contributed by atoms with Gasteiger partial charge >= 0.3 is 0 Å². The van der Waals surface area contributed by atoms with Crippen molar-refractivity contribution in [2.75, 3.05) is 12.0 Å². The van der Waals surface area contributed by atoms with E-state index in [0.29, 0.717) is 6.04 Å². The number of hydrogen-bond acceptors (Lipinski definition) is 3. The summed E-state index contributed by atoms with van der Waals surface area (Å²) in [6.45, 7) is 2.23. The van der Waals surface area contributed by atoms with E-state index in [1.54, 1.807) is 0 Å². The fraction of sp³-hybridized carbons (Fsp3) is 0.294. The number of fused-ring (bicyclic) bond motifs is 2. The normalized spacial score (nSPS) is 15.1. The smallest absolute Gasteiger partial charge is 0.132 e. The van der Waals surface area contributed by atoms with Crippen molar-refractivity contribution >= 4 is 11.8 Å². The van der Waals surface area contributed by atoms with Gasteiger partial charge < -0.3 is 10.1 Å². The van der Waals surface area contributed by atoms with Crippen LogP contribution in [0.1, 0.15) is 24.1 Å². The molecule has 0 spiro atoms. The number of hydrogen-bond donors (Lipinski definition) is 1. The standard InChI is InChI=1S/C17H19NOS/c1-12(11-20-2)18-17-13-7-3-5-9-15(13)19-16-10-6-4-8-14(16)17/h3-10,12,17-18H,11H2,1-2H3. The van der Waals surface area contributed by atoms with E-state index < -0.39 is 0 Å². The second-order valence-corrected chi connectivity index (χ2v) is 6.04. The molecule has 0 aliphatic carbocycles. The van der Waals surface area contributed by atoms with Gasteiger partial charge in [0.05, 0.1) is 6.04 Å². The lowest BCUT2D eigenvalue weighted by atomic mass is 9.94. The number of para-hydroxylation sites is 2. The van der Waals surface area contributed by atoms with E-state index in [0.717, 1.165) is 17.3 Å². The predicted molar refractivity (Wildman–Crippen MR) is 85.8 cm³/mol. The highest BCUT2D eigenvalue weighted by molar-refractivity contribution is 7.98. The Morgan fingerprint density at radius 1 is 1.05 bits per heavy atom. The third-order valence-electron chi connectivity index (χ3n) is 3.55. The molecule has 0 radical (unpaired) electrons. The summed E-state index contributed by atoms with van der Waals surface area (Å²) in [6, 6.07) is 17.2. The average Bonchev–Trinajstić information content (AvgIpc) is 2.47. The fourth-order valence-electron chi connectivity index (χ4n) is 2.67. The first-order chi connectivity index (χ1) is 9.79. The molecule has 3 rings (SSSR count). The van der Waals surface area contributed by atoms with Gasteiger partial charge in [-0.15, -0.1) is 0 Å². The minimum absolute atomic E-state index is 0.207. The van der Waals surface area contributed by atoms with Crippen molar-refractivity contribution in [3.05, 3.63) is 59.7 Å². The molecule has 104 valence electrons. The first kappa shape index (κ1) is 13.5. The molecule has 1 unspecified atom stereocenters. The molecular weight excluding hydrogens is 266 g/mol. The Morgan fingerprint density at radius 2 is 1.60 bits per heavy atom. The van der Waals surface area contributed by atoms with Crippen molar-refractivity contribution in [2.24, 2.45) is 0 Å². The van der Waals surface area contributed by atoms with Crippen molar-refractivity contribution < 1.29 is 4.74 Å². The Kier molecular flexibility index (Phi) is 3.99. The molecule has 20 heavy (non-hydrogen) atoms. The highest BCUT2D eigenvalue weighted by atomic mass is 32.2. The molecule has 1 heterocycles. The highest BCUT2D eigenvalue weighted by Crippen LogP contribution is 2.42. The van der Waals surface area contributed by atoms with Crippen LogP contribution in [0.5, 0.6) is 11.5 Å². The van der Waals surface area contributed by atoms with E-state index in [9.17, 15) is 0 Å². The van der Waals surface area contributed by atoms with Crippen LogP contribution < -0.4 is 10.1 Å². The number of benzene rings is 2. The highest BCUT2D eigenvalue weighted by Gasteiger charge is 2.27. The Labute approximate surface area is 124 Å². The second-order valence-electron chi connectivity index (χ2n) is 5.13. The Hall–Kier alpha value is -1.45. The molecule has 0 fully saturated rings. The maximum absolute atomic E-state index is 6.00. The van der Waals surface area contributed by atoms with Crippen molar-refractivity contribution in [2.45, 2.75) is 19.0 Å². The predicted octanol–water partition coefficient (Wildman–Crippen LogP) is 4.22. The summed E-state index contributed by atoms with van der Waals surface area (Å²) >= 11 is 1.87. The van der Waals surface area contributed by atoms with Crippen LogP contribution in [-0.2, 0) is 0 Å². The molecule has 2 aromatic rings. The van der Waals surface area contributed by atoms with Gasteiger partial charge in [0.15, 0.2) is 0 Å². The summed E-state index contributed by atoms with van der Waals surface area (Å²) in [7, 11) is 0. The van der Waals surface area contributed by atoms with Crippen LogP contribution >= 0.6 is 11.8 Å². The van der Waals surface area contributed by atoms with Gasteiger partial charge in [-0.3, -0.25) is 0 Å². The van der Waals surface area contributed by atoms with Gasteiger partial charge in [0.2, 0.25) is 0 Å². The molecule has 1 N–H and O–H groups in total. The molecule has 0 aromatic heterocycles. The van der Waals surface area contributed by atoms with Crippen molar-refractivity contribution in [3.8, 4) is 11.5 Å². The molecule has 1 atom stereocenters. The van der Waals surface area contributed by atoms with Gasteiger partial charge in [-0.1, -0.05) is 36.4 Å². The molecule has 0 saturated carbocycles. The van der Waals surface area contributed by atoms with E-state index >= 15 is 0 Å². The van der Waals surface area contributed by atoms with Crippen LogP contribution in [0.4, 0.5) is 0 Å². The molecule has 0 saturated heterocycles. The summed E-state index contributed by atoms with van der Waals surface area (Å²) in [6.07, 6.45) is 2.14. The second kappa shape index (κ2) is 5.90. The molecule has 0 bridgehead atoms. The van der Waals surface area contributed by atoms with Crippen LogP contribution in [0, 0.1) is 0 Å². The van der Waals surface area contributed by atoms with Gasteiger partial charge in [0.25, 0.3) is 0 Å². The molecule has 0 amide bonds. The zero-order chi connectivity index (χ0) is 13.9. The third-order valence-corrected chi connectivity index (χ3v) is 4.38. The van der Waals surface area contributed by atoms with E-state index in [2.05, 4.69) is 42.8 Å². The van der Waals surface area contributed by atoms with Gasteiger partial charge in [-0.05, 0) is 25.3 Å². The van der Waals surface area contributed by atoms with Crippen LogP contribution in [-0.4, -0.2) is 18.1 Å². The maximum atomic E-state index is 6.00. The van der Waals surface area contributed by atoms with Gasteiger partial charge in [-0.2, -0.15) is 11.8 Å². The van der Waals surface area contributed by atoms with Crippen molar-refractivity contribution in [1.82, 2.24) is 5.32 Å². The molecule has 1 aliphatic rings. The summed E-state index contributed by atoms with van der Waals surface area (Å²) in [5.41, 5.74) is 2.44.